The lowest BCUT2D eigenvalue weighted by Crippen LogP contribution is -2.38. The number of aliphatic imine (C=N–C) groups is 1. The molecule has 0 aliphatic rings. The van der Waals surface area contributed by atoms with Crippen LogP contribution in [0.25, 0.3) is 0 Å². The van der Waals surface area contributed by atoms with Gasteiger partial charge in [0.2, 0.25) is 0 Å². The zero-order valence-electron chi connectivity index (χ0n) is 16.3. The molecular formula is C19H30IN5S. The van der Waals surface area contributed by atoms with Crippen molar-refractivity contribution >= 4 is 47.0 Å². The van der Waals surface area contributed by atoms with Crippen LogP contribution in [-0.4, -0.2) is 38.1 Å². The van der Waals surface area contributed by atoms with Crippen molar-refractivity contribution < 1.29 is 0 Å². The van der Waals surface area contributed by atoms with Crippen LogP contribution in [0.1, 0.15) is 27.9 Å². The molecule has 0 aliphatic carbocycles. The first kappa shape index (κ1) is 22.7. The van der Waals surface area contributed by atoms with Gasteiger partial charge in [0.05, 0.1) is 11.6 Å². The molecule has 144 valence electrons. The highest BCUT2D eigenvalue weighted by molar-refractivity contribution is 14.0. The number of halogens is 1. The minimum absolute atomic E-state index is 0. The third kappa shape index (κ3) is 7.11. The molecule has 0 amide bonds. The van der Waals surface area contributed by atoms with E-state index in [-0.39, 0.29) is 24.0 Å². The first-order valence-electron chi connectivity index (χ1n) is 8.70. The maximum Gasteiger partial charge on any atom is 0.191 e. The summed E-state index contributed by atoms with van der Waals surface area (Å²) in [4.78, 5) is 12.5. The lowest BCUT2D eigenvalue weighted by molar-refractivity contribution is 0.796. The molecule has 0 saturated carbocycles. The van der Waals surface area contributed by atoms with Gasteiger partial charge < -0.3 is 15.5 Å². The van der Waals surface area contributed by atoms with Crippen molar-refractivity contribution in [1.29, 1.82) is 0 Å². The van der Waals surface area contributed by atoms with Crippen molar-refractivity contribution in [1.82, 2.24) is 15.6 Å². The van der Waals surface area contributed by atoms with Gasteiger partial charge in [0.15, 0.2) is 5.96 Å². The lowest BCUT2D eigenvalue weighted by Gasteiger charge is -2.15. The predicted octanol–water partition coefficient (Wildman–Crippen LogP) is 3.74. The zero-order valence-corrected chi connectivity index (χ0v) is 19.4. The van der Waals surface area contributed by atoms with Gasteiger partial charge in [-0.2, -0.15) is 0 Å². The van der Waals surface area contributed by atoms with Crippen LogP contribution < -0.4 is 15.5 Å². The summed E-state index contributed by atoms with van der Waals surface area (Å²) >= 11 is 1.75. The van der Waals surface area contributed by atoms with Gasteiger partial charge in [-0.15, -0.1) is 35.3 Å². The number of nitrogens with zero attached hydrogens (tertiary/aromatic N) is 3. The van der Waals surface area contributed by atoms with Crippen molar-refractivity contribution in [2.75, 3.05) is 32.1 Å². The Labute approximate surface area is 178 Å². The van der Waals surface area contributed by atoms with E-state index in [2.05, 4.69) is 73.6 Å². The molecule has 0 saturated heterocycles. The molecular weight excluding hydrogens is 457 g/mol. The number of nitrogens with one attached hydrogen (secondary N) is 2. The van der Waals surface area contributed by atoms with Gasteiger partial charge in [-0.1, -0.05) is 6.07 Å². The standard InChI is InChI=1S/C19H29N5S.HI/c1-6-20-19(21-10-9-18-22-12-15(3)25-18)23-13-16-7-8-17(24(4)5)11-14(16)2;/h7-8,11-12H,6,9-10,13H2,1-5H3,(H2,20,21,23);1H. The van der Waals surface area contributed by atoms with Gasteiger partial charge in [-0.25, -0.2) is 9.98 Å². The molecule has 2 rings (SSSR count). The Morgan fingerprint density at radius 3 is 2.58 bits per heavy atom. The van der Waals surface area contributed by atoms with Crippen LogP contribution in [0.5, 0.6) is 0 Å². The Hall–Kier alpha value is -1.35. The summed E-state index contributed by atoms with van der Waals surface area (Å²) in [5.74, 6) is 0.854. The lowest BCUT2D eigenvalue weighted by atomic mass is 10.1. The van der Waals surface area contributed by atoms with E-state index in [1.54, 1.807) is 11.3 Å². The molecule has 2 N–H and O–H groups in total. The van der Waals surface area contributed by atoms with Gasteiger partial charge in [0.25, 0.3) is 0 Å². The van der Waals surface area contributed by atoms with E-state index in [1.807, 2.05) is 6.20 Å². The molecule has 0 spiro atoms. The second-order valence-electron chi connectivity index (χ2n) is 6.24. The Morgan fingerprint density at radius 1 is 1.23 bits per heavy atom. The van der Waals surface area contributed by atoms with Gasteiger partial charge in [-0.3, -0.25) is 0 Å². The van der Waals surface area contributed by atoms with Crippen LogP contribution in [0.15, 0.2) is 29.4 Å². The van der Waals surface area contributed by atoms with Crippen molar-refractivity contribution in [2.45, 2.75) is 33.7 Å². The quantitative estimate of drug-likeness (QED) is 0.355. The van der Waals surface area contributed by atoms with E-state index < -0.39 is 0 Å². The fraction of sp³-hybridized carbons (Fsp3) is 0.474. The molecule has 2 aromatic rings. The maximum atomic E-state index is 4.72. The van der Waals surface area contributed by atoms with E-state index in [9.17, 15) is 0 Å². The summed E-state index contributed by atoms with van der Waals surface area (Å²) in [5.41, 5.74) is 3.73. The van der Waals surface area contributed by atoms with E-state index in [0.717, 1.165) is 30.5 Å². The second-order valence-corrected chi connectivity index (χ2v) is 7.56. The minimum atomic E-state index is 0. The molecule has 5 nitrogen and oxygen atoms in total. The fourth-order valence-corrected chi connectivity index (χ4v) is 3.23. The molecule has 0 fully saturated rings. The summed E-state index contributed by atoms with van der Waals surface area (Å²) in [6, 6.07) is 6.51. The van der Waals surface area contributed by atoms with Crippen molar-refractivity contribution in [3.05, 3.63) is 45.4 Å². The predicted molar refractivity (Wildman–Crippen MR) is 124 cm³/mol. The number of aromatic nitrogens is 1. The topological polar surface area (TPSA) is 52.6 Å². The first-order valence-corrected chi connectivity index (χ1v) is 9.51. The Kier molecular flexibility index (Phi) is 9.93. The maximum absolute atomic E-state index is 4.72. The van der Waals surface area contributed by atoms with Crippen LogP contribution in [0.3, 0.4) is 0 Å². The number of benzene rings is 1. The number of hydrogen-bond donors (Lipinski definition) is 2. The third-order valence-corrected chi connectivity index (χ3v) is 4.87. The number of guanidine groups is 1. The molecule has 0 atom stereocenters. The van der Waals surface area contributed by atoms with Gasteiger partial charge >= 0.3 is 0 Å². The van der Waals surface area contributed by atoms with Gasteiger partial charge in [0.1, 0.15) is 0 Å². The minimum Gasteiger partial charge on any atom is -0.378 e. The number of anilines is 1. The SMILES string of the molecule is CCNC(=NCc1ccc(N(C)C)cc1C)NCCc1ncc(C)s1.I. The molecule has 1 aromatic carbocycles. The number of hydrogen-bond acceptors (Lipinski definition) is 4. The fourth-order valence-electron chi connectivity index (χ4n) is 2.45. The smallest absolute Gasteiger partial charge is 0.191 e. The highest BCUT2D eigenvalue weighted by atomic mass is 127. The molecule has 7 heteroatoms. The normalized spacial score (nSPS) is 11.0. The number of thiazole rings is 1. The Morgan fingerprint density at radius 2 is 2.00 bits per heavy atom. The molecule has 0 unspecified atom stereocenters. The summed E-state index contributed by atoms with van der Waals surface area (Å²) < 4.78 is 0. The van der Waals surface area contributed by atoms with Gasteiger partial charge in [-0.05, 0) is 44.0 Å². The average Bonchev–Trinajstić information content (AvgIpc) is 2.98. The Bertz CT molecular complexity index is 712. The number of aryl methyl sites for hydroxylation is 2. The van der Waals surface area contributed by atoms with Crippen molar-refractivity contribution in [3.8, 4) is 0 Å². The first-order chi connectivity index (χ1) is 12.0. The van der Waals surface area contributed by atoms with Crippen LogP contribution in [0.4, 0.5) is 5.69 Å². The zero-order chi connectivity index (χ0) is 18.2. The summed E-state index contributed by atoms with van der Waals surface area (Å²) in [5, 5.41) is 7.87. The molecule has 1 aromatic heterocycles. The van der Waals surface area contributed by atoms with Crippen molar-refractivity contribution in [2.24, 2.45) is 4.99 Å². The summed E-state index contributed by atoms with van der Waals surface area (Å²) in [6.07, 6.45) is 2.85. The average molecular weight is 487 g/mol. The molecule has 0 aliphatic heterocycles. The highest BCUT2D eigenvalue weighted by Gasteiger charge is 2.04. The van der Waals surface area contributed by atoms with Crippen LogP contribution in [0.2, 0.25) is 0 Å². The molecule has 0 bridgehead atoms. The molecule has 1 heterocycles. The van der Waals surface area contributed by atoms with Crippen LogP contribution >= 0.6 is 35.3 Å². The van der Waals surface area contributed by atoms with Crippen molar-refractivity contribution in [3.63, 3.8) is 0 Å². The number of rotatable bonds is 7. The highest BCUT2D eigenvalue weighted by Crippen LogP contribution is 2.18. The largest absolute Gasteiger partial charge is 0.378 e. The van der Waals surface area contributed by atoms with E-state index in [0.29, 0.717) is 6.54 Å². The van der Waals surface area contributed by atoms with E-state index in [4.69, 9.17) is 4.99 Å². The second kappa shape index (κ2) is 11.4. The summed E-state index contributed by atoms with van der Waals surface area (Å²) in [7, 11) is 4.12. The monoisotopic (exact) mass is 487 g/mol. The third-order valence-electron chi connectivity index (χ3n) is 3.89. The molecule has 0 radical (unpaired) electrons. The Balaban J connectivity index is 0.00000338. The van der Waals surface area contributed by atoms with E-state index >= 15 is 0 Å². The van der Waals surface area contributed by atoms with Gasteiger partial charge in [0, 0.05) is 50.4 Å². The van der Waals surface area contributed by atoms with E-state index in [1.165, 1.54) is 21.7 Å². The molecule has 26 heavy (non-hydrogen) atoms. The van der Waals surface area contributed by atoms with Crippen LogP contribution in [0, 0.1) is 13.8 Å². The summed E-state index contributed by atoms with van der Waals surface area (Å²) in [6.45, 7) is 8.66. The van der Waals surface area contributed by atoms with Crippen LogP contribution in [-0.2, 0) is 13.0 Å².